The Labute approximate surface area is 182 Å². The van der Waals surface area contributed by atoms with E-state index >= 15 is 0 Å². The van der Waals surface area contributed by atoms with Crippen molar-refractivity contribution in [3.63, 3.8) is 0 Å². The number of furan rings is 1. The predicted octanol–water partition coefficient (Wildman–Crippen LogP) is 3.61. The van der Waals surface area contributed by atoms with Crippen LogP contribution in [0.15, 0.2) is 88.6 Å². The number of benzene rings is 2. The lowest BCUT2D eigenvalue weighted by Gasteiger charge is -2.16. The standard InChI is InChI=1S/C22H19N5O3S/c23-21(29)24-20(28)18(16-10-5-2-6-11-16)31-22-26-25-19(17-12-7-13-30-17)27(22)14-15-8-3-1-4-9-15/h1-13,18H,14H2,(H3,23,24,28,29)/t18-/m0/s1. The van der Waals surface area contributed by atoms with Crippen molar-refractivity contribution >= 4 is 23.7 Å². The Hall–Kier alpha value is -3.85. The Morgan fingerprint density at radius 1 is 1.00 bits per heavy atom. The van der Waals surface area contributed by atoms with Crippen LogP contribution in [0.3, 0.4) is 0 Å². The van der Waals surface area contributed by atoms with Crippen molar-refractivity contribution in [1.82, 2.24) is 20.1 Å². The van der Waals surface area contributed by atoms with Crippen molar-refractivity contribution in [2.75, 3.05) is 0 Å². The zero-order valence-corrected chi connectivity index (χ0v) is 17.2. The molecule has 31 heavy (non-hydrogen) atoms. The van der Waals surface area contributed by atoms with E-state index in [1.807, 2.05) is 65.2 Å². The number of amides is 3. The summed E-state index contributed by atoms with van der Waals surface area (Å²) < 4.78 is 7.41. The highest BCUT2D eigenvalue weighted by Gasteiger charge is 2.27. The molecule has 3 amide bonds. The van der Waals surface area contributed by atoms with E-state index in [-0.39, 0.29) is 0 Å². The van der Waals surface area contributed by atoms with Crippen LogP contribution in [0.5, 0.6) is 0 Å². The first-order chi connectivity index (χ1) is 15.1. The van der Waals surface area contributed by atoms with E-state index in [1.165, 1.54) is 11.8 Å². The lowest BCUT2D eigenvalue weighted by Crippen LogP contribution is -2.37. The second kappa shape index (κ2) is 9.31. The second-order valence-electron chi connectivity index (χ2n) is 6.62. The first-order valence-corrected chi connectivity index (χ1v) is 10.3. The lowest BCUT2D eigenvalue weighted by molar-refractivity contribution is -0.119. The monoisotopic (exact) mass is 433 g/mol. The quantitative estimate of drug-likeness (QED) is 0.430. The van der Waals surface area contributed by atoms with Crippen LogP contribution in [0.2, 0.25) is 0 Å². The van der Waals surface area contributed by atoms with Gasteiger partial charge in [-0.25, -0.2) is 4.79 Å². The average molecular weight is 433 g/mol. The minimum atomic E-state index is -0.909. The maximum atomic E-state index is 12.8. The highest BCUT2D eigenvalue weighted by molar-refractivity contribution is 8.00. The van der Waals surface area contributed by atoms with Gasteiger partial charge in [-0.1, -0.05) is 72.4 Å². The fraction of sp³-hybridized carbons (Fsp3) is 0.0909. The maximum Gasteiger partial charge on any atom is 0.318 e. The summed E-state index contributed by atoms with van der Waals surface area (Å²) in [5, 5.41) is 10.5. The van der Waals surface area contributed by atoms with Gasteiger partial charge in [-0.15, -0.1) is 10.2 Å². The van der Waals surface area contributed by atoms with Gasteiger partial charge in [0.2, 0.25) is 11.7 Å². The maximum absolute atomic E-state index is 12.8. The molecule has 8 nitrogen and oxygen atoms in total. The molecule has 9 heteroatoms. The molecule has 0 spiro atoms. The molecule has 0 aliphatic rings. The Bertz CT molecular complexity index is 1160. The second-order valence-corrected chi connectivity index (χ2v) is 7.69. The number of primary amides is 1. The SMILES string of the molecule is NC(=O)NC(=O)[C@@H](Sc1nnc(-c2ccco2)n1Cc1ccccc1)c1ccccc1. The number of thioether (sulfide) groups is 1. The topological polar surface area (TPSA) is 116 Å². The van der Waals surface area contributed by atoms with Crippen LogP contribution in [0.4, 0.5) is 4.79 Å². The van der Waals surface area contributed by atoms with Crippen LogP contribution >= 0.6 is 11.8 Å². The Balaban J connectivity index is 1.73. The molecule has 1 atom stereocenters. The molecule has 156 valence electrons. The molecule has 0 saturated carbocycles. The van der Waals surface area contributed by atoms with Gasteiger partial charge in [-0.05, 0) is 23.3 Å². The predicted molar refractivity (Wildman–Crippen MR) is 116 cm³/mol. The van der Waals surface area contributed by atoms with E-state index in [2.05, 4.69) is 15.5 Å². The van der Waals surface area contributed by atoms with E-state index in [4.69, 9.17) is 10.2 Å². The molecular formula is C22H19N5O3S. The molecule has 0 unspecified atom stereocenters. The van der Waals surface area contributed by atoms with E-state index in [9.17, 15) is 9.59 Å². The van der Waals surface area contributed by atoms with Crippen molar-refractivity contribution < 1.29 is 14.0 Å². The summed E-state index contributed by atoms with van der Waals surface area (Å²) >= 11 is 1.18. The zero-order valence-electron chi connectivity index (χ0n) is 16.3. The minimum absolute atomic E-state index is 0.477. The number of imide groups is 1. The molecule has 2 aromatic carbocycles. The number of carbonyl (C=O) groups excluding carboxylic acids is 2. The van der Waals surface area contributed by atoms with Gasteiger partial charge < -0.3 is 10.2 Å². The number of urea groups is 1. The van der Waals surface area contributed by atoms with Crippen LogP contribution in [0.25, 0.3) is 11.6 Å². The van der Waals surface area contributed by atoms with Gasteiger partial charge in [0, 0.05) is 0 Å². The Kier molecular flexibility index (Phi) is 6.13. The zero-order chi connectivity index (χ0) is 21.6. The largest absolute Gasteiger partial charge is 0.461 e. The number of nitrogens with zero attached hydrogens (tertiary/aromatic N) is 3. The number of nitrogens with one attached hydrogen (secondary N) is 1. The molecule has 0 fully saturated rings. The third-order valence-corrected chi connectivity index (χ3v) is 5.69. The molecule has 3 N–H and O–H groups in total. The summed E-state index contributed by atoms with van der Waals surface area (Å²) in [6.45, 7) is 0.477. The number of hydrogen-bond donors (Lipinski definition) is 2. The molecule has 2 heterocycles. The summed E-state index contributed by atoms with van der Waals surface area (Å²) in [6.07, 6.45) is 1.57. The van der Waals surface area contributed by atoms with Crippen molar-refractivity contribution in [2.45, 2.75) is 17.0 Å². The number of rotatable bonds is 7. The summed E-state index contributed by atoms with van der Waals surface area (Å²) in [6, 6.07) is 21.6. The lowest BCUT2D eigenvalue weighted by atomic mass is 10.1. The summed E-state index contributed by atoms with van der Waals surface area (Å²) in [4.78, 5) is 24.1. The first kappa shape index (κ1) is 20.4. The number of aromatic nitrogens is 3. The van der Waals surface area contributed by atoms with E-state index in [0.29, 0.717) is 28.8 Å². The van der Waals surface area contributed by atoms with Crippen LogP contribution < -0.4 is 11.1 Å². The van der Waals surface area contributed by atoms with E-state index in [1.54, 1.807) is 18.4 Å². The molecule has 4 aromatic rings. The smallest absolute Gasteiger partial charge is 0.318 e. The van der Waals surface area contributed by atoms with Gasteiger partial charge in [0.05, 0.1) is 12.8 Å². The number of hydrogen-bond acceptors (Lipinski definition) is 6. The fourth-order valence-corrected chi connectivity index (χ4v) is 4.10. The molecule has 2 aromatic heterocycles. The molecule has 0 radical (unpaired) electrons. The van der Waals surface area contributed by atoms with Crippen LogP contribution in [0, 0.1) is 0 Å². The van der Waals surface area contributed by atoms with Gasteiger partial charge in [0.1, 0.15) is 5.25 Å². The van der Waals surface area contributed by atoms with Crippen LogP contribution in [-0.4, -0.2) is 26.7 Å². The number of nitrogens with two attached hydrogens (primary N) is 1. The number of carbonyl (C=O) groups is 2. The molecule has 0 bridgehead atoms. The van der Waals surface area contributed by atoms with Gasteiger partial charge in [-0.2, -0.15) is 0 Å². The molecular weight excluding hydrogens is 414 g/mol. The Morgan fingerprint density at radius 3 is 2.35 bits per heavy atom. The van der Waals surface area contributed by atoms with E-state index < -0.39 is 17.2 Å². The third-order valence-electron chi connectivity index (χ3n) is 4.45. The van der Waals surface area contributed by atoms with Crippen molar-refractivity contribution in [3.05, 3.63) is 90.2 Å². The molecule has 0 aliphatic heterocycles. The normalized spacial score (nSPS) is 11.7. The molecule has 4 rings (SSSR count). The van der Waals surface area contributed by atoms with Gasteiger partial charge in [-0.3, -0.25) is 14.7 Å². The first-order valence-electron chi connectivity index (χ1n) is 9.44. The highest BCUT2D eigenvalue weighted by Crippen LogP contribution is 2.36. The molecule has 0 aliphatic carbocycles. The van der Waals surface area contributed by atoms with Crippen molar-refractivity contribution in [1.29, 1.82) is 0 Å². The summed E-state index contributed by atoms with van der Waals surface area (Å²) in [7, 11) is 0. The summed E-state index contributed by atoms with van der Waals surface area (Å²) in [5.74, 6) is 0.573. The van der Waals surface area contributed by atoms with Gasteiger partial charge >= 0.3 is 6.03 Å². The van der Waals surface area contributed by atoms with Crippen molar-refractivity contribution in [2.24, 2.45) is 5.73 Å². The average Bonchev–Trinajstić information content (AvgIpc) is 3.43. The van der Waals surface area contributed by atoms with Gasteiger partial charge in [0.25, 0.3) is 0 Å². The van der Waals surface area contributed by atoms with Crippen LogP contribution in [0.1, 0.15) is 16.4 Å². The highest BCUT2D eigenvalue weighted by atomic mass is 32.2. The Morgan fingerprint density at radius 2 is 1.71 bits per heavy atom. The van der Waals surface area contributed by atoms with E-state index in [0.717, 1.165) is 5.56 Å². The van der Waals surface area contributed by atoms with Gasteiger partial charge in [0.15, 0.2) is 10.9 Å². The minimum Gasteiger partial charge on any atom is -0.461 e. The summed E-state index contributed by atoms with van der Waals surface area (Å²) in [5.41, 5.74) is 6.92. The molecule has 0 saturated heterocycles. The van der Waals surface area contributed by atoms with Crippen LogP contribution in [-0.2, 0) is 11.3 Å². The van der Waals surface area contributed by atoms with Crippen molar-refractivity contribution in [3.8, 4) is 11.6 Å². The fourth-order valence-electron chi connectivity index (χ4n) is 3.07. The third kappa shape index (κ3) is 4.84.